The molecule has 0 aliphatic carbocycles. The van der Waals surface area contributed by atoms with E-state index < -0.39 is 11.7 Å². The predicted octanol–water partition coefficient (Wildman–Crippen LogP) is 5.22. The third kappa shape index (κ3) is 4.84. The summed E-state index contributed by atoms with van der Waals surface area (Å²) in [6.07, 6.45) is 2.67. The van der Waals surface area contributed by atoms with E-state index in [0.29, 0.717) is 30.2 Å². The number of likely N-dealkylation sites (tertiary alicyclic amines) is 1. The van der Waals surface area contributed by atoms with Crippen molar-refractivity contribution in [1.29, 1.82) is 0 Å². The summed E-state index contributed by atoms with van der Waals surface area (Å²) in [5, 5.41) is 7.55. The summed E-state index contributed by atoms with van der Waals surface area (Å²) in [5.74, 6) is 0.0469. The maximum atomic E-state index is 14.7. The first-order valence-electron chi connectivity index (χ1n) is 10.3. The first kappa shape index (κ1) is 20.8. The second kappa shape index (κ2) is 8.37. The van der Waals surface area contributed by atoms with Crippen molar-refractivity contribution in [2.24, 2.45) is 0 Å². The minimum Gasteiger partial charge on any atom is -0.444 e. The van der Waals surface area contributed by atoms with Crippen LogP contribution in [0.3, 0.4) is 0 Å². The minimum absolute atomic E-state index is 0.353. The van der Waals surface area contributed by atoms with Crippen molar-refractivity contribution in [2.45, 2.75) is 45.3 Å². The van der Waals surface area contributed by atoms with Crippen molar-refractivity contribution in [2.75, 3.05) is 11.9 Å². The van der Waals surface area contributed by atoms with E-state index in [4.69, 9.17) is 4.74 Å². The molecule has 1 saturated heterocycles. The van der Waals surface area contributed by atoms with E-state index >= 15 is 0 Å². The minimum atomic E-state index is -0.602. The molecule has 1 atom stereocenters. The Morgan fingerprint density at radius 1 is 1.19 bits per heavy atom. The monoisotopic (exact) mass is 423 g/mol. The molecule has 1 amide bonds. The molecule has 2 heterocycles. The molecule has 0 radical (unpaired) electrons. The smallest absolute Gasteiger partial charge is 0.410 e. The maximum Gasteiger partial charge on any atom is 0.410 e. The van der Waals surface area contributed by atoms with Crippen LogP contribution in [0, 0.1) is 5.82 Å². The Bertz CT molecular complexity index is 1060. The molecule has 1 N–H and O–H groups in total. The molecule has 31 heavy (non-hydrogen) atoms. The highest BCUT2D eigenvalue weighted by Crippen LogP contribution is 2.36. The van der Waals surface area contributed by atoms with Crippen molar-refractivity contribution < 1.29 is 13.9 Å². The zero-order chi connectivity index (χ0) is 22.0. The SMILES string of the molecule is CC(C)(C)OC(=O)N1CCCC1c1cc(Nc2ncn(-c3ccccc3)n2)ccc1F. The number of hydrogen-bond acceptors (Lipinski definition) is 5. The number of nitrogens with one attached hydrogen (secondary N) is 1. The van der Waals surface area contributed by atoms with Gasteiger partial charge in [0, 0.05) is 17.8 Å². The zero-order valence-corrected chi connectivity index (χ0v) is 17.9. The molecule has 1 aliphatic rings. The lowest BCUT2D eigenvalue weighted by Gasteiger charge is -2.29. The molecule has 3 aromatic rings. The molecule has 0 spiro atoms. The summed E-state index contributed by atoms with van der Waals surface area (Å²) in [6, 6.07) is 14.0. The van der Waals surface area contributed by atoms with Gasteiger partial charge in [-0.2, -0.15) is 4.98 Å². The van der Waals surface area contributed by atoms with Crippen LogP contribution in [0.4, 0.5) is 20.8 Å². The highest BCUT2D eigenvalue weighted by Gasteiger charge is 2.34. The molecule has 1 unspecified atom stereocenters. The number of halogens is 1. The molecule has 1 aromatic heterocycles. The van der Waals surface area contributed by atoms with Crippen LogP contribution >= 0.6 is 0 Å². The lowest BCUT2D eigenvalue weighted by Crippen LogP contribution is -2.36. The number of nitrogens with zero attached hydrogens (tertiary/aromatic N) is 4. The molecule has 8 heteroatoms. The van der Waals surface area contributed by atoms with E-state index in [1.165, 1.54) is 6.07 Å². The first-order chi connectivity index (χ1) is 14.8. The van der Waals surface area contributed by atoms with E-state index in [1.54, 1.807) is 28.0 Å². The number of benzene rings is 2. The largest absolute Gasteiger partial charge is 0.444 e. The van der Waals surface area contributed by atoms with Crippen LogP contribution in [-0.2, 0) is 4.74 Å². The fourth-order valence-corrected chi connectivity index (χ4v) is 3.66. The summed E-state index contributed by atoms with van der Waals surface area (Å²) >= 11 is 0. The Balaban J connectivity index is 1.54. The van der Waals surface area contributed by atoms with E-state index in [1.807, 2.05) is 51.1 Å². The average molecular weight is 423 g/mol. The van der Waals surface area contributed by atoms with Crippen LogP contribution in [0.5, 0.6) is 0 Å². The number of anilines is 2. The summed E-state index contributed by atoms with van der Waals surface area (Å²) in [5.41, 5.74) is 1.39. The van der Waals surface area contributed by atoms with Crippen LogP contribution in [0.1, 0.15) is 45.2 Å². The van der Waals surface area contributed by atoms with Gasteiger partial charge in [-0.05, 0) is 63.9 Å². The number of ether oxygens (including phenoxy) is 1. The number of hydrogen-bond donors (Lipinski definition) is 1. The van der Waals surface area contributed by atoms with Gasteiger partial charge < -0.3 is 15.0 Å². The molecule has 1 fully saturated rings. The van der Waals surface area contributed by atoms with Gasteiger partial charge in [0.2, 0.25) is 5.95 Å². The maximum absolute atomic E-state index is 14.7. The van der Waals surface area contributed by atoms with Crippen molar-refractivity contribution in [1.82, 2.24) is 19.7 Å². The van der Waals surface area contributed by atoms with Gasteiger partial charge in [0.15, 0.2) is 0 Å². The van der Waals surface area contributed by atoms with Crippen molar-refractivity contribution in [3.05, 3.63) is 66.2 Å². The Morgan fingerprint density at radius 2 is 1.97 bits per heavy atom. The standard InChI is InChI=1S/C23H26FN5O2/c1-23(2,3)31-22(30)28-13-7-10-20(28)18-14-16(11-12-19(18)24)26-21-25-15-29(27-21)17-8-5-4-6-9-17/h4-6,8-9,11-12,14-15,20H,7,10,13H2,1-3H3,(H,26,27). The Morgan fingerprint density at radius 3 is 2.71 bits per heavy atom. The number of aromatic nitrogens is 3. The summed E-state index contributed by atoms with van der Waals surface area (Å²) in [6.45, 7) is 6.01. The lowest BCUT2D eigenvalue weighted by molar-refractivity contribution is 0.0222. The summed E-state index contributed by atoms with van der Waals surface area (Å²) in [7, 11) is 0. The molecule has 7 nitrogen and oxygen atoms in total. The van der Waals surface area contributed by atoms with Gasteiger partial charge in [0.05, 0.1) is 11.7 Å². The molecular weight excluding hydrogens is 397 g/mol. The van der Waals surface area contributed by atoms with E-state index in [0.717, 1.165) is 12.1 Å². The van der Waals surface area contributed by atoms with Gasteiger partial charge in [0.25, 0.3) is 0 Å². The van der Waals surface area contributed by atoms with Crippen LogP contribution in [-0.4, -0.2) is 37.9 Å². The van der Waals surface area contributed by atoms with Gasteiger partial charge >= 0.3 is 6.09 Å². The number of rotatable bonds is 4. The number of carbonyl (C=O) groups is 1. The van der Waals surface area contributed by atoms with Gasteiger partial charge in [-0.25, -0.2) is 13.9 Å². The summed E-state index contributed by atoms with van der Waals surface area (Å²) in [4.78, 5) is 18.5. The molecule has 2 aromatic carbocycles. The van der Waals surface area contributed by atoms with Crippen molar-refractivity contribution in [3.63, 3.8) is 0 Å². The Kier molecular flexibility index (Phi) is 5.63. The number of carbonyl (C=O) groups excluding carboxylic acids is 1. The van der Waals surface area contributed by atoms with Gasteiger partial charge in [-0.3, -0.25) is 0 Å². The van der Waals surface area contributed by atoms with E-state index in [2.05, 4.69) is 15.4 Å². The fraction of sp³-hybridized carbons (Fsp3) is 0.348. The Labute approximate surface area is 180 Å². The fourth-order valence-electron chi connectivity index (χ4n) is 3.66. The second-order valence-corrected chi connectivity index (χ2v) is 8.54. The first-order valence-corrected chi connectivity index (χ1v) is 10.3. The normalized spacial score (nSPS) is 16.4. The van der Waals surface area contributed by atoms with Crippen LogP contribution in [0.25, 0.3) is 5.69 Å². The molecule has 4 rings (SSSR count). The van der Waals surface area contributed by atoms with Crippen LogP contribution in [0.2, 0.25) is 0 Å². The average Bonchev–Trinajstić information content (AvgIpc) is 3.39. The predicted molar refractivity (Wildman–Crippen MR) is 116 cm³/mol. The van der Waals surface area contributed by atoms with Crippen LogP contribution in [0.15, 0.2) is 54.9 Å². The highest BCUT2D eigenvalue weighted by molar-refractivity contribution is 5.69. The second-order valence-electron chi connectivity index (χ2n) is 8.54. The van der Waals surface area contributed by atoms with Crippen LogP contribution < -0.4 is 5.32 Å². The molecule has 0 saturated carbocycles. The van der Waals surface area contributed by atoms with Crippen molar-refractivity contribution in [3.8, 4) is 5.69 Å². The highest BCUT2D eigenvalue weighted by atomic mass is 19.1. The lowest BCUT2D eigenvalue weighted by atomic mass is 10.0. The van der Waals surface area contributed by atoms with Gasteiger partial charge in [-0.15, -0.1) is 5.10 Å². The Hall–Kier alpha value is -3.42. The third-order valence-corrected chi connectivity index (χ3v) is 5.00. The van der Waals surface area contributed by atoms with Crippen molar-refractivity contribution >= 4 is 17.7 Å². The molecule has 1 aliphatic heterocycles. The molecular formula is C23H26FN5O2. The van der Waals surface area contributed by atoms with E-state index in [-0.39, 0.29) is 11.9 Å². The van der Waals surface area contributed by atoms with E-state index in [9.17, 15) is 9.18 Å². The number of para-hydroxylation sites is 1. The van der Waals surface area contributed by atoms with Gasteiger partial charge in [-0.1, -0.05) is 18.2 Å². The van der Waals surface area contributed by atoms with Gasteiger partial charge in [0.1, 0.15) is 17.7 Å². The molecule has 162 valence electrons. The topological polar surface area (TPSA) is 72.3 Å². The molecule has 0 bridgehead atoms. The third-order valence-electron chi connectivity index (χ3n) is 5.00. The number of amides is 1. The zero-order valence-electron chi connectivity index (χ0n) is 17.9. The summed E-state index contributed by atoms with van der Waals surface area (Å²) < 4.78 is 21.9. The quantitative estimate of drug-likeness (QED) is 0.623.